The van der Waals surface area contributed by atoms with Crippen molar-refractivity contribution >= 4 is 0 Å². The Hall–Kier alpha value is -1.91. The Labute approximate surface area is 99.7 Å². The van der Waals surface area contributed by atoms with Crippen molar-refractivity contribution in [1.29, 1.82) is 0 Å². The van der Waals surface area contributed by atoms with E-state index in [1.54, 1.807) is 0 Å². The molecule has 0 N–H and O–H groups in total. The number of halogens is 5. The molecule has 0 heterocycles. The average molecular weight is 257 g/mol. The lowest BCUT2D eigenvalue weighted by molar-refractivity contribution is -0.137. The summed E-state index contributed by atoms with van der Waals surface area (Å²) in [6, 6.07) is 8.19. The molecule has 1 radical (unpaired) electrons. The van der Waals surface area contributed by atoms with Gasteiger partial charge >= 0.3 is 6.18 Å². The fourth-order valence-electron chi connectivity index (χ4n) is 1.63. The van der Waals surface area contributed by atoms with Gasteiger partial charge in [-0.05, 0) is 18.2 Å². The molecule has 0 aliphatic carbocycles. The van der Waals surface area contributed by atoms with Crippen LogP contribution in [-0.4, -0.2) is 0 Å². The topological polar surface area (TPSA) is 0 Å². The number of hydrogen-bond acceptors (Lipinski definition) is 0. The molecular formula is C13H6F5. The molecular weight excluding hydrogens is 251 g/mol. The van der Waals surface area contributed by atoms with Crippen LogP contribution in [0.15, 0.2) is 36.4 Å². The molecule has 2 aromatic carbocycles. The van der Waals surface area contributed by atoms with Gasteiger partial charge in [-0.1, -0.05) is 24.3 Å². The summed E-state index contributed by atoms with van der Waals surface area (Å²) >= 11 is 0. The predicted octanol–water partition coefficient (Wildman–Crippen LogP) is 4.45. The van der Waals surface area contributed by atoms with E-state index in [2.05, 4.69) is 0 Å². The SMILES string of the molecule is Fc1cccc(F)c1-c1ccc[c]c1C(F)(F)F. The molecule has 0 saturated heterocycles. The van der Waals surface area contributed by atoms with E-state index in [1.807, 2.05) is 6.07 Å². The van der Waals surface area contributed by atoms with Crippen molar-refractivity contribution in [2.24, 2.45) is 0 Å². The van der Waals surface area contributed by atoms with E-state index in [0.717, 1.165) is 30.3 Å². The molecule has 2 rings (SSSR count). The van der Waals surface area contributed by atoms with Crippen molar-refractivity contribution in [3.8, 4) is 11.1 Å². The third kappa shape index (κ3) is 2.20. The van der Waals surface area contributed by atoms with Gasteiger partial charge < -0.3 is 0 Å². The van der Waals surface area contributed by atoms with Gasteiger partial charge in [0.15, 0.2) is 0 Å². The van der Waals surface area contributed by atoms with E-state index in [9.17, 15) is 22.0 Å². The van der Waals surface area contributed by atoms with E-state index in [0.29, 0.717) is 0 Å². The van der Waals surface area contributed by atoms with Crippen molar-refractivity contribution in [3.63, 3.8) is 0 Å². The zero-order chi connectivity index (χ0) is 13.3. The molecule has 0 saturated carbocycles. The summed E-state index contributed by atoms with van der Waals surface area (Å²) < 4.78 is 65.1. The van der Waals surface area contributed by atoms with Gasteiger partial charge in [0, 0.05) is 5.56 Å². The van der Waals surface area contributed by atoms with Crippen LogP contribution >= 0.6 is 0 Å². The predicted molar refractivity (Wildman–Crippen MR) is 55.6 cm³/mol. The number of benzene rings is 2. The van der Waals surface area contributed by atoms with Crippen molar-refractivity contribution in [2.45, 2.75) is 6.18 Å². The molecule has 0 spiro atoms. The Bertz CT molecular complexity index is 552. The lowest BCUT2D eigenvalue weighted by Crippen LogP contribution is -2.08. The summed E-state index contributed by atoms with van der Waals surface area (Å²) in [7, 11) is 0. The highest BCUT2D eigenvalue weighted by Crippen LogP contribution is 2.38. The maximum absolute atomic E-state index is 13.5. The molecule has 0 fully saturated rings. The van der Waals surface area contributed by atoms with Gasteiger partial charge in [-0.2, -0.15) is 13.2 Å². The Morgan fingerprint density at radius 3 is 2.06 bits per heavy atom. The summed E-state index contributed by atoms with van der Waals surface area (Å²) in [6.07, 6.45) is -4.72. The third-order valence-corrected chi connectivity index (χ3v) is 2.37. The maximum atomic E-state index is 13.5. The summed E-state index contributed by atoms with van der Waals surface area (Å²) in [5.41, 5.74) is -2.43. The molecule has 0 aromatic heterocycles. The molecule has 0 amide bonds. The van der Waals surface area contributed by atoms with Crippen molar-refractivity contribution in [2.75, 3.05) is 0 Å². The van der Waals surface area contributed by atoms with Crippen molar-refractivity contribution < 1.29 is 22.0 Å². The molecule has 0 unspecified atom stereocenters. The van der Waals surface area contributed by atoms with Crippen LogP contribution in [-0.2, 0) is 6.18 Å². The first kappa shape index (κ1) is 12.5. The second-order valence-corrected chi connectivity index (χ2v) is 3.55. The van der Waals surface area contributed by atoms with E-state index in [1.165, 1.54) is 6.07 Å². The molecule has 0 aliphatic heterocycles. The van der Waals surface area contributed by atoms with Crippen LogP contribution in [0.3, 0.4) is 0 Å². The maximum Gasteiger partial charge on any atom is 0.417 e. The summed E-state index contributed by atoms with van der Waals surface area (Å²) in [4.78, 5) is 0. The quantitative estimate of drug-likeness (QED) is 0.662. The average Bonchev–Trinajstić information content (AvgIpc) is 2.28. The van der Waals surface area contributed by atoms with Gasteiger partial charge in [-0.3, -0.25) is 0 Å². The minimum absolute atomic E-state index is 0.555. The largest absolute Gasteiger partial charge is 0.417 e. The monoisotopic (exact) mass is 257 g/mol. The Balaban J connectivity index is 2.73. The molecule has 5 heteroatoms. The fraction of sp³-hybridized carbons (Fsp3) is 0.0769. The molecule has 93 valence electrons. The van der Waals surface area contributed by atoms with Gasteiger partial charge in [0.05, 0.1) is 11.1 Å². The van der Waals surface area contributed by atoms with E-state index < -0.39 is 34.5 Å². The lowest BCUT2D eigenvalue weighted by Gasteiger charge is -2.13. The summed E-state index contributed by atoms with van der Waals surface area (Å²) in [5, 5.41) is 0. The highest BCUT2D eigenvalue weighted by atomic mass is 19.4. The highest BCUT2D eigenvalue weighted by Gasteiger charge is 2.34. The third-order valence-electron chi connectivity index (χ3n) is 2.37. The van der Waals surface area contributed by atoms with E-state index >= 15 is 0 Å². The zero-order valence-electron chi connectivity index (χ0n) is 8.85. The van der Waals surface area contributed by atoms with Gasteiger partial charge in [-0.15, -0.1) is 0 Å². The first-order valence-electron chi connectivity index (χ1n) is 4.93. The Morgan fingerprint density at radius 1 is 0.889 bits per heavy atom. The van der Waals surface area contributed by atoms with Crippen LogP contribution in [0.25, 0.3) is 11.1 Å². The number of hydrogen-bond donors (Lipinski definition) is 0. The molecule has 0 nitrogen and oxygen atoms in total. The van der Waals surface area contributed by atoms with Crippen LogP contribution in [0.2, 0.25) is 0 Å². The van der Waals surface area contributed by atoms with Crippen LogP contribution in [0.1, 0.15) is 5.56 Å². The first-order valence-corrected chi connectivity index (χ1v) is 4.93. The summed E-state index contributed by atoms with van der Waals surface area (Å²) in [6.45, 7) is 0. The van der Waals surface area contributed by atoms with Crippen LogP contribution in [0.4, 0.5) is 22.0 Å². The molecule has 0 aliphatic rings. The molecule has 18 heavy (non-hydrogen) atoms. The lowest BCUT2D eigenvalue weighted by atomic mass is 9.98. The van der Waals surface area contributed by atoms with Crippen LogP contribution in [0.5, 0.6) is 0 Å². The summed E-state index contributed by atoms with van der Waals surface area (Å²) in [5.74, 6) is -2.08. The van der Waals surface area contributed by atoms with Crippen LogP contribution in [0, 0.1) is 17.7 Å². The second-order valence-electron chi connectivity index (χ2n) is 3.55. The standard InChI is InChI=1S/C13H6F5/c14-10-6-3-7-11(15)12(10)8-4-1-2-5-9(8)13(16,17)18/h1-4,6-7H. The molecule has 0 atom stereocenters. The second kappa shape index (κ2) is 4.40. The Kier molecular flexibility index (Phi) is 3.07. The van der Waals surface area contributed by atoms with Crippen molar-refractivity contribution in [3.05, 3.63) is 59.7 Å². The van der Waals surface area contributed by atoms with Gasteiger partial charge in [-0.25, -0.2) is 8.78 Å². The fourth-order valence-corrected chi connectivity index (χ4v) is 1.63. The normalized spacial score (nSPS) is 11.6. The minimum atomic E-state index is -4.72. The highest BCUT2D eigenvalue weighted by molar-refractivity contribution is 5.69. The van der Waals surface area contributed by atoms with E-state index in [4.69, 9.17) is 0 Å². The number of alkyl halides is 3. The Morgan fingerprint density at radius 2 is 1.50 bits per heavy atom. The van der Waals surface area contributed by atoms with Gasteiger partial charge in [0.2, 0.25) is 0 Å². The minimum Gasteiger partial charge on any atom is -0.206 e. The smallest absolute Gasteiger partial charge is 0.206 e. The molecule has 2 aromatic rings. The van der Waals surface area contributed by atoms with Gasteiger partial charge in [0.25, 0.3) is 0 Å². The molecule has 0 bridgehead atoms. The van der Waals surface area contributed by atoms with Crippen molar-refractivity contribution in [1.82, 2.24) is 0 Å². The number of rotatable bonds is 1. The van der Waals surface area contributed by atoms with E-state index in [-0.39, 0.29) is 0 Å². The first-order chi connectivity index (χ1) is 8.41. The van der Waals surface area contributed by atoms with Crippen LogP contribution < -0.4 is 0 Å². The zero-order valence-corrected chi connectivity index (χ0v) is 8.85. The van der Waals surface area contributed by atoms with Gasteiger partial charge in [0.1, 0.15) is 11.6 Å².